The molecule has 110 valence electrons. The van der Waals surface area contributed by atoms with Gasteiger partial charge in [0.1, 0.15) is 11.4 Å². The Balaban J connectivity index is 1.87. The Kier molecular flexibility index (Phi) is 3.73. The van der Waals surface area contributed by atoms with Crippen molar-refractivity contribution in [2.45, 2.75) is 38.1 Å². The van der Waals surface area contributed by atoms with Gasteiger partial charge in [-0.05, 0) is 30.5 Å². The summed E-state index contributed by atoms with van der Waals surface area (Å²) in [5, 5.41) is 13.8. The first kappa shape index (κ1) is 13.8. The van der Waals surface area contributed by atoms with E-state index in [1.807, 2.05) is 0 Å². The van der Waals surface area contributed by atoms with Crippen LogP contribution in [0.15, 0.2) is 30.5 Å². The van der Waals surface area contributed by atoms with E-state index < -0.39 is 5.97 Å². The van der Waals surface area contributed by atoms with Crippen LogP contribution < -0.4 is 0 Å². The van der Waals surface area contributed by atoms with Crippen LogP contribution in [0.4, 0.5) is 4.39 Å². The van der Waals surface area contributed by atoms with Crippen molar-refractivity contribution < 1.29 is 14.3 Å². The number of benzene rings is 1. The maximum absolute atomic E-state index is 12.9. The zero-order chi connectivity index (χ0) is 14.8. The molecule has 1 saturated carbocycles. The fraction of sp³-hybridized carbons (Fsp3) is 0.375. The summed E-state index contributed by atoms with van der Waals surface area (Å²) in [4.78, 5) is 11.4. The second-order valence-electron chi connectivity index (χ2n) is 5.54. The number of aromatic carboxylic acids is 1. The maximum Gasteiger partial charge on any atom is 0.339 e. The van der Waals surface area contributed by atoms with Crippen molar-refractivity contribution in [2.75, 3.05) is 0 Å². The molecule has 4 nitrogen and oxygen atoms in total. The van der Waals surface area contributed by atoms with Gasteiger partial charge in [0, 0.05) is 12.1 Å². The Labute approximate surface area is 122 Å². The van der Waals surface area contributed by atoms with Crippen LogP contribution in [-0.4, -0.2) is 20.9 Å². The van der Waals surface area contributed by atoms with Gasteiger partial charge >= 0.3 is 5.97 Å². The minimum atomic E-state index is -0.928. The van der Waals surface area contributed by atoms with Crippen LogP contribution in [0.2, 0.25) is 0 Å². The summed E-state index contributed by atoms with van der Waals surface area (Å²) >= 11 is 0. The molecule has 0 unspecified atom stereocenters. The predicted octanol–water partition coefficient (Wildman–Crippen LogP) is 3.43. The lowest BCUT2D eigenvalue weighted by molar-refractivity contribution is 0.0695. The smallest absolute Gasteiger partial charge is 0.339 e. The van der Waals surface area contributed by atoms with Crippen molar-refractivity contribution in [3.63, 3.8) is 0 Å². The number of nitrogens with zero attached hydrogens (tertiary/aromatic N) is 2. The summed E-state index contributed by atoms with van der Waals surface area (Å²) in [5.74, 6) is -0.954. The van der Waals surface area contributed by atoms with E-state index in [2.05, 4.69) is 5.10 Å². The van der Waals surface area contributed by atoms with Crippen LogP contribution in [0, 0.1) is 5.82 Å². The molecule has 0 bridgehead atoms. The number of carboxylic acid groups (broad SMARTS) is 1. The highest BCUT2D eigenvalue weighted by Gasteiger charge is 2.26. The quantitative estimate of drug-likeness (QED) is 0.937. The molecule has 0 saturated heterocycles. The largest absolute Gasteiger partial charge is 0.478 e. The summed E-state index contributed by atoms with van der Waals surface area (Å²) in [7, 11) is 0. The number of hydrogen-bond acceptors (Lipinski definition) is 2. The predicted molar refractivity (Wildman–Crippen MR) is 75.9 cm³/mol. The molecule has 0 radical (unpaired) electrons. The Morgan fingerprint density at radius 1 is 1.29 bits per heavy atom. The van der Waals surface area contributed by atoms with Gasteiger partial charge in [-0.1, -0.05) is 25.0 Å². The molecule has 0 spiro atoms. The van der Waals surface area contributed by atoms with Crippen molar-refractivity contribution in [1.82, 2.24) is 9.78 Å². The number of carbonyl (C=O) groups is 1. The summed E-state index contributed by atoms with van der Waals surface area (Å²) < 4.78 is 14.5. The Morgan fingerprint density at radius 2 is 1.95 bits per heavy atom. The highest BCUT2D eigenvalue weighted by molar-refractivity contribution is 5.88. The van der Waals surface area contributed by atoms with Crippen molar-refractivity contribution in [2.24, 2.45) is 0 Å². The van der Waals surface area contributed by atoms with Crippen LogP contribution in [-0.2, 0) is 6.54 Å². The molecular weight excluding hydrogens is 271 g/mol. The summed E-state index contributed by atoms with van der Waals surface area (Å²) in [6.07, 6.45) is 5.87. The van der Waals surface area contributed by atoms with Crippen molar-refractivity contribution in [3.05, 3.63) is 53.1 Å². The highest BCUT2D eigenvalue weighted by atomic mass is 19.1. The van der Waals surface area contributed by atoms with Gasteiger partial charge in [-0.3, -0.25) is 4.68 Å². The van der Waals surface area contributed by atoms with Gasteiger partial charge in [0.25, 0.3) is 0 Å². The van der Waals surface area contributed by atoms with Crippen molar-refractivity contribution >= 4 is 5.97 Å². The summed E-state index contributed by atoms with van der Waals surface area (Å²) in [6, 6.07) is 6.17. The zero-order valence-corrected chi connectivity index (χ0v) is 11.6. The van der Waals surface area contributed by atoms with Gasteiger partial charge in [-0.2, -0.15) is 5.10 Å². The van der Waals surface area contributed by atoms with E-state index >= 15 is 0 Å². The lowest BCUT2D eigenvalue weighted by atomic mass is 10.0. The molecule has 1 heterocycles. The van der Waals surface area contributed by atoms with Crippen molar-refractivity contribution in [1.29, 1.82) is 0 Å². The number of aromatic nitrogens is 2. The minimum absolute atomic E-state index is 0.255. The first-order valence-electron chi connectivity index (χ1n) is 7.18. The third-order valence-corrected chi connectivity index (χ3v) is 4.02. The van der Waals surface area contributed by atoms with Crippen LogP contribution in [0.25, 0.3) is 0 Å². The van der Waals surface area contributed by atoms with E-state index in [0.717, 1.165) is 31.2 Å². The molecule has 1 aromatic heterocycles. The molecule has 1 fully saturated rings. The van der Waals surface area contributed by atoms with E-state index in [4.69, 9.17) is 0 Å². The number of carboxylic acids is 1. The monoisotopic (exact) mass is 288 g/mol. The molecule has 1 aromatic carbocycles. The number of rotatable bonds is 4. The van der Waals surface area contributed by atoms with E-state index in [1.54, 1.807) is 23.0 Å². The molecule has 1 aliphatic rings. The first-order chi connectivity index (χ1) is 10.1. The second-order valence-corrected chi connectivity index (χ2v) is 5.54. The molecule has 3 rings (SSSR count). The average Bonchev–Trinajstić information content (AvgIpc) is 3.10. The fourth-order valence-corrected chi connectivity index (χ4v) is 2.96. The van der Waals surface area contributed by atoms with Gasteiger partial charge < -0.3 is 5.11 Å². The van der Waals surface area contributed by atoms with Crippen LogP contribution >= 0.6 is 0 Å². The van der Waals surface area contributed by atoms with Crippen LogP contribution in [0.5, 0.6) is 0 Å². The third kappa shape index (κ3) is 2.96. The van der Waals surface area contributed by atoms with E-state index in [0.29, 0.717) is 17.8 Å². The van der Waals surface area contributed by atoms with E-state index in [1.165, 1.54) is 12.1 Å². The third-order valence-electron chi connectivity index (χ3n) is 4.02. The van der Waals surface area contributed by atoms with E-state index in [-0.39, 0.29) is 11.7 Å². The zero-order valence-electron chi connectivity index (χ0n) is 11.6. The Morgan fingerprint density at radius 3 is 2.57 bits per heavy atom. The van der Waals surface area contributed by atoms with Gasteiger partial charge in [0.15, 0.2) is 0 Å². The molecule has 0 atom stereocenters. The highest BCUT2D eigenvalue weighted by Crippen LogP contribution is 2.35. The molecule has 5 heteroatoms. The summed E-state index contributed by atoms with van der Waals surface area (Å²) in [5.41, 5.74) is 1.89. The topological polar surface area (TPSA) is 55.1 Å². The molecule has 0 aliphatic heterocycles. The van der Waals surface area contributed by atoms with Gasteiger partial charge in [0.05, 0.1) is 12.2 Å². The van der Waals surface area contributed by atoms with Gasteiger partial charge in [-0.25, -0.2) is 9.18 Å². The van der Waals surface area contributed by atoms with E-state index in [9.17, 15) is 14.3 Å². The molecule has 2 aromatic rings. The fourth-order valence-electron chi connectivity index (χ4n) is 2.96. The molecule has 1 aliphatic carbocycles. The van der Waals surface area contributed by atoms with Crippen LogP contribution in [0.3, 0.4) is 0 Å². The second kappa shape index (κ2) is 5.68. The normalized spacial score (nSPS) is 15.5. The number of halogens is 1. The lowest BCUT2D eigenvalue weighted by Crippen LogP contribution is -2.04. The molecular formula is C16H17FN2O2. The molecule has 1 N–H and O–H groups in total. The van der Waals surface area contributed by atoms with Gasteiger partial charge in [0.2, 0.25) is 0 Å². The van der Waals surface area contributed by atoms with Crippen molar-refractivity contribution in [3.8, 4) is 0 Å². The summed E-state index contributed by atoms with van der Waals surface area (Å²) in [6.45, 7) is 0.452. The standard InChI is InChI=1S/C16H17FN2O2/c17-13-7-5-11(6-8-13)9-19-10-14(16(20)21)15(18-19)12-3-1-2-4-12/h5-8,10,12H,1-4,9H2,(H,20,21). The van der Waals surface area contributed by atoms with Crippen LogP contribution in [0.1, 0.15) is 53.2 Å². The maximum atomic E-state index is 12.9. The van der Waals surface area contributed by atoms with Gasteiger partial charge in [-0.15, -0.1) is 0 Å². The minimum Gasteiger partial charge on any atom is -0.478 e. The number of hydrogen-bond donors (Lipinski definition) is 1. The lowest BCUT2D eigenvalue weighted by Gasteiger charge is -2.06. The molecule has 0 amide bonds. The average molecular weight is 288 g/mol. The Bertz CT molecular complexity index is 643. The first-order valence-corrected chi connectivity index (χ1v) is 7.18. The Hall–Kier alpha value is -2.17. The molecule has 21 heavy (non-hydrogen) atoms. The SMILES string of the molecule is O=C(O)c1cn(Cc2ccc(F)cc2)nc1C1CCCC1.